The lowest BCUT2D eigenvalue weighted by Gasteiger charge is -2.29. The molecule has 1 aliphatic rings. The van der Waals surface area contributed by atoms with Crippen LogP contribution in [0.4, 0.5) is 0 Å². The van der Waals surface area contributed by atoms with Crippen LogP contribution in [0, 0.1) is 5.41 Å². The van der Waals surface area contributed by atoms with Crippen molar-refractivity contribution in [3.63, 3.8) is 0 Å². The minimum absolute atomic E-state index is 0.0721. The quantitative estimate of drug-likeness (QED) is 0.544. The number of esters is 1. The van der Waals surface area contributed by atoms with Gasteiger partial charge >= 0.3 is 5.97 Å². The Labute approximate surface area is 105 Å². The summed E-state index contributed by atoms with van der Waals surface area (Å²) in [6.07, 6.45) is 9.52. The third-order valence-corrected chi connectivity index (χ3v) is 3.54. The van der Waals surface area contributed by atoms with Gasteiger partial charge in [0, 0.05) is 0 Å². The van der Waals surface area contributed by atoms with Crippen LogP contribution in [0.15, 0.2) is 23.3 Å². The number of carbonyl (C=O) groups is 1. The molecule has 0 saturated heterocycles. The molecule has 96 valence electrons. The molecule has 0 spiro atoms. The summed E-state index contributed by atoms with van der Waals surface area (Å²) in [6, 6.07) is 0. The molecular formula is C15H24O2. The van der Waals surface area contributed by atoms with Crippen molar-refractivity contribution < 1.29 is 9.53 Å². The topological polar surface area (TPSA) is 26.3 Å². The van der Waals surface area contributed by atoms with E-state index in [0.29, 0.717) is 0 Å². The van der Waals surface area contributed by atoms with Crippen LogP contribution < -0.4 is 0 Å². The standard InChI is InChI=1S/C15H24O2/c1-12(2)6-5-7-13-8-10-15(3,11-9-13)14(16)17-4/h6,8H,5,7,9-11H2,1-4H3. The molecule has 0 bridgehead atoms. The highest BCUT2D eigenvalue weighted by Crippen LogP contribution is 2.37. The summed E-state index contributed by atoms with van der Waals surface area (Å²) < 4.78 is 4.86. The van der Waals surface area contributed by atoms with Crippen LogP contribution in [-0.2, 0) is 9.53 Å². The molecule has 1 unspecified atom stereocenters. The van der Waals surface area contributed by atoms with E-state index in [1.165, 1.54) is 18.3 Å². The third-order valence-electron chi connectivity index (χ3n) is 3.54. The second-order valence-corrected chi connectivity index (χ2v) is 5.44. The van der Waals surface area contributed by atoms with Gasteiger partial charge in [0.05, 0.1) is 12.5 Å². The van der Waals surface area contributed by atoms with E-state index in [1.807, 2.05) is 6.92 Å². The van der Waals surface area contributed by atoms with Crippen molar-refractivity contribution in [2.75, 3.05) is 7.11 Å². The highest BCUT2D eigenvalue weighted by molar-refractivity contribution is 5.76. The molecule has 0 amide bonds. The molecule has 1 atom stereocenters. The van der Waals surface area contributed by atoms with Gasteiger partial charge in [-0.05, 0) is 52.9 Å². The van der Waals surface area contributed by atoms with E-state index in [9.17, 15) is 4.79 Å². The molecular weight excluding hydrogens is 212 g/mol. The minimum Gasteiger partial charge on any atom is -0.469 e. The molecule has 0 aromatic rings. The molecule has 0 aromatic carbocycles. The summed E-state index contributed by atoms with van der Waals surface area (Å²) in [6.45, 7) is 6.26. The van der Waals surface area contributed by atoms with Crippen LogP contribution in [0.5, 0.6) is 0 Å². The lowest BCUT2D eigenvalue weighted by Crippen LogP contribution is -2.30. The van der Waals surface area contributed by atoms with Gasteiger partial charge in [-0.1, -0.05) is 23.3 Å². The first-order valence-corrected chi connectivity index (χ1v) is 6.37. The molecule has 1 rings (SSSR count). The summed E-state index contributed by atoms with van der Waals surface area (Å²) in [5, 5.41) is 0. The fraction of sp³-hybridized carbons (Fsp3) is 0.667. The zero-order valence-electron chi connectivity index (χ0n) is 11.5. The highest BCUT2D eigenvalue weighted by Gasteiger charge is 2.35. The van der Waals surface area contributed by atoms with Crippen molar-refractivity contribution in [3.8, 4) is 0 Å². The third kappa shape index (κ3) is 4.03. The van der Waals surface area contributed by atoms with Crippen molar-refractivity contribution in [1.29, 1.82) is 0 Å². The van der Waals surface area contributed by atoms with Crippen molar-refractivity contribution in [3.05, 3.63) is 23.3 Å². The zero-order valence-corrected chi connectivity index (χ0v) is 11.5. The average molecular weight is 236 g/mol. The molecule has 1 aliphatic carbocycles. The van der Waals surface area contributed by atoms with Crippen LogP contribution in [0.3, 0.4) is 0 Å². The van der Waals surface area contributed by atoms with E-state index in [0.717, 1.165) is 32.1 Å². The summed E-state index contributed by atoms with van der Waals surface area (Å²) in [5.74, 6) is -0.0721. The first-order chi connectivity index (χ1) is 7.98. The summed E-state index contributed by atoms with van der Waals surface area (Å²) >= 11 is 0. The Bertz CT molecular complexity index is 335. The normalized spacial score (nSPS) is 23.9. The van der Waals surface area contributed by atoms with E-state index in [-0.39, 0.29) is 11.4 Å². The Hall–Kier alpha value is -1.05. The van der Waals surface area contributed by atoms with Crippen LogP contribution in [0.25, 0.3) is 0 Å². The molecule has 2 heteroatoms. The van der Waals surface area contributed by atoms with Gasteiger partial charge in [0.1, 0.15) is 0 Å². The Morgan fingerprint density at radius 2 is 2.24 bits per heavy atom. The molecule has 0 saturated carbocycles. The van der Waals surface area contributed by atoms with Crippen molar-refractivity contribution in [2.45, 2.75) is 52.9 Å². The number of hydrogen-bond donors (Lipinski definition) is 0. The number of ether oxygens (including phenoxy) is 1. The number of hydrogen-bond acceptors (Lipinski definition) is 2. The first-order valence-electron chi connectivity index (χ1n) is 6.37. The van der Waals surface area contributed by atoms with Gasteiger partial charge in [-0.2, -0.15) is 0 Å². The lowest BCUT2D eigenvalue weighted by molar-refractivity contribution is -0.152. The van der Waals surface area contributed by atoms with Gasteiger partial charge in [0.25, 0.3) is 0 Å². The van der Waals surface area contributed by atoms with Crippen molar-refractivity contribution >= 4 is 5.97 Å². The molecule has 0 N–H and O–H groups in total. The zero-order chi connectivity index (χ0) is 12.9. The van der Waals surface area contributed by atoms with Crippen molar-refractivity contribution in [2.24, 2.45) is 5.41 Å². The lowest BCUT2D eigenvalue weighted by atomic mass is 9.76. The van der Waals surface area contributed by atoms with E-state index in [2.05, 4.69) is 26.0 Å². The molecule has 0 aliphatic heterocycles. The Kier molecular flexibility index (Phi) is 4.98. The largest absolute Gasteiger partial charge is 0.469 e. The van der Waals surface area contributed by atoms with Gasteiger partial charge in [-0.25, -0.2) is 0 Å². The highest BCUT2D eigenvalue weighted by atomic mass is 16.5. The van der Waals surface area contributed by atoms with Crippen LogP contribution in [-0.4, -0.2) is 13.1 Å². The Morgan fingerprint density at radius 1 is 1.53 bits per heavy atom. The predicted molar refractivity (Wildman–Crippen MR) is 70.7 cm³/mol. The number of carbonyl (C=O) groups excluding carboxylic acids is 1. The maximum Gasteiger partial charge on any atom is 0.311 e. The van der Waals surface area contributed by atoms with E-state index < -0.39 is 0 Å². The molecule has 0 heterocycles. The summed E-state index contributed by atoms with van der Waals surface area (Å²) in [5.41, 5.74) is 2.57. The van der Waals surface area contributed by atoms with Crippen LogP contribution in [0.1, 0.15) is 52.9 Å². The van der Waals surface area contributed by atoms with Crippen LogP contribution >= 0.6 is 0 Å². The van der Waals surface area contributed by atoms with Gasteiger partial charge in [0.15, 0.2) is 0 Å². The van der Waals surface area contributed by atoms with Crippen molar-refractivity contribution in [1.82, 2.24) is 0 Å². The second kappa shape index (κ2) is 6.04. The van der Waals surface area contributed by atoms with Crippen LogP contribution in [0.2, 0.25) is 0 Å². The van der Waals surface area contributed by atoms with Gasteiger partial charge in [0.2, 0.25) is 0 Å². The first kappa shape index (κ1) is 14.0. The SMILES string of the molecule is COC(=O)C1(C)CC=C(CCC=C(C)C)CC1. The fourth-order valence-corrected chi connectivity index (χ4v) is 2.22. The fourth-order valence-electron chi connectivity index (χ4n) is 2.22. The molecule has 0 aromatic heterocycles. The Morgan fingerprint density at radius 3 is 2.71 bits per heavy atom. The summed E-state index contributed by atoms with van der Waals surface area (Å²) in [7, 11) is 1.47. The maximum atomic E-state index is 11.6. The summed E-state index contributed by atoms with van der Waals surface area (Å²) in [4.78, 5) is 11.6. The van der Waals surface area contributed by atoms with E-state index in [1.54, 1.807) is 0 Å². The van der Waals surface area contributed by atoms with E-state index in [4.69, 9.17) is 4.74 Å². The number of methoxy groups -OCH3 is 1. The van der Waals surface area contributed by atoms with E-state index >= 15 is 0 Å². The monoisotopic (exact) mass is 236 g/mol. The minimum atomic E-state index is -0.297. The van der Waals surface area contributed by atoms with Gasteiger partial charge in [-0.15, -0.1) is 0 Å². The average Bonchev–Trinajstić information content (AvgIpc) is 2.30. The Balaban J connectivity index is 2.49. The smallest absolute Gasteiger partial charge is 0.311 e. The molecule has 0 fully saturated rings. The van der Waals surface area contributed by atoms with Gasteiger partial charge in [-0.3, -0.25) is 4.79 Å². The second-order valence-electron chi connectivity index (χ2n) is 5.44. The maximum absolute atomic E-state index is 11.6. The molecule has 2 nitrogen and oxygen atoms in total. The molecule has 0 radical (unpaired) electrons. The number of allylic oxidation sites excluding steroid dienone is 4. The molecule has 17 heavy (non-hydrogen) atoms. The van der Waals surface area contributed by atoms with Gasteiger partial charge < -0.3 is 4.74 Å². The number of rotatable bonds is 4. The predicted octanol–water partition coefficient (Wildman–Crippen LogP) is 4.02.